The Morgan fingerprint density at radius 3 is 2.26 bits per heavy atom. The van der Waals surface area contributed by atoms with Crippen molar-refractivity contribution in [1.29, 1.82) is 0 Å². The molecule has 1 rings (SSSR count). The molecule has 0 radical (unpaired) electrons. The van der Waals surface area contributed by atoms with E-state index < -0.39 is 27.1 Å². The molecule has 0 aromatic heterocycles. The second kappa shape index (κ2) is 6.42. The third-order valence-corrected chi connectivity index (χ3v) is 4.76. The Morgan fingerprint density at radius 2 is 1.89 bits per heavy atom. The summed E-state index contributed by atoms with van der Waals surface area (Å²) < 4.78 is 23.9. The van der Waals surface area contributed by atoms with Gasteiger partial charge >= 0.3 is 0 Å². The van der Waals surface area contributed by atoms with Gasteiger partial charge in [-0.05, 0) is 24.1 Å². The summed E-state index contributed by atoms with van der Waals surface area (Å²) in [6.07, 6.45) is 5.82. The normalized spacial score (nSPS) is 16.4. The lowest BCUT2D eigenvalue weighted by molar-refractivity contribution is 0.126. The number of aliphatic hydroxyl groups is 1. The smallest absolute Gasteiger partial charge is 0.157 e. The number of benzene rings is 1. The number of sulfone groups is 1. The highest BCUT2D eigenvalue weighted by atomic mass is 35.5. The van der Waals surface area contributed by atoms with E-state index in [-0.39, 0.29) is 0 Å². The van der Waals surface area contributed by atoms with Crippen LogP contribution in [0.2, 0.25) is 5.02 Å². The van der Waals surface area contributed by atoms with E-state index in [1.807, 2.05) is 6.92 Å². The molecule has 104 valence electrons. The first kappa shape index (κ1) is 16.0. The molecule has 0 aliphatic carbocycles. The van der Waals surface area contributed by atoms with Gasteiger partial charge in [-0.2, -0.15) is 0 Å². The first-order chi connectivity index (χ1) is 8.81. The van der Waals surface area contributed by atoms with Gasteiger partial charge in [0.25, 0.3) is 0 Å². The van der Waals surface area contributed by atoms with Gasteiger partial charge in [0.15, 0.2) is 9.84 Å². The Bertz CT molecular complexity index is 557. The van der Waals surface area contributed by atoms with E-state index in [4.69, 9.17) is 18.0 Å². The SMILES string of the molecule is C#CC(CC)C(O)C(c1ccc(Cl)cc1)S(C)(=O)=O. The molecule has 1 N–H and O–H groups in total. The quantitative estimate of drug-likeness (QED) is 0.850. The Balaban J connectivity index is 3.24. The molecule has 3 unspecified atom stereocenters. The lowest BCUT2D eigenvalue weighted by Gasteiger charge is -2.25. The highest BCUT2D eigenvalue weighted by molar-refractivity contribution is 7.91. The molecule has 0 saturated carbocycles. The van der Waals surface area contributed by atoms with Crippen molar-refractivity contribution >= 4 is 21.4 Å². The summed E-state index contributed by atoms with van der Waals surface area (Å²) in [6.45, 7) is 1.81. The standard InChI is InChI=1S/C14H17ClO3S/c1-4-10(5-2)13(16)14(19(3,17)18)11-6-8-12(15)9-7-11/h1,6-10,13-14,16H,5H2,2-3H3. The van der Waals surface area contributed by atoms with Crippen LogP contribution in [0, 0.1) is 18.3 Å². The predicted octanol–water partition coefficient (Wildman–Crippen LogP) is 2.45. The van der Waals surface area contributed by atoms with E-state index in [2.05, 4.69) is 5.92 Å². The minimum atomic E-state index is -3.48. The van der Waals surface area contributed by atoms with Gasteiger partial charge < -0.3 is 5.11 Å². The topological polar surface area (TPSA) is 54.4 Å². The van der Waals surface area contributed by atoms with Crippen molar-refractivity contribution in [3.05, 3.63) is 34.9 Å². The summed E-state index contributed by atoms with van der Waals surface area (Å²) in [7, 11) is -3.48. The van der Waals surface area contributed by atoms with Crippen LogP contribution in [0.3, 0.4) is 0 Å². The molecule has 5 heteroatoms. The fraction of sp³-hybridized carbons (Fsp3) is 0.429. The van der Waals surface area contributed by atoms with Crippen molar-refractivity contribution in [2.75, 3.05) is 6.26 Å². The van der Waals surface area contributed by atoms with E-state index in [1.54, 1.807) is 24.3 Å². The summed E-state index contributed by atoms with van der Waals surface area (Å²) >= 11 is 5.78. The lowest BCUT2D eigenvalue weighted by atomic mass is 9.94. The molecular formula is C14H17ClO3S. The molecule has 1 aromatic carbocycles. The molecule has 0 fully saturated rings. The fourth-order valence-electron chi connectivity index (χ4n) is 2.02. The number of hydrogen-bond acceptors (Lipinski definition) is 3. The minimum Gasteiger partial charge on any atom is -0.390 e. The van der Waals surface area contributed by atoms with Gasteiger partial charge in [-0.25, -0.2) is 8.42 Å². The number of halogens is 1. The molecule has 0 bridgehead atoms. The van der Waals surface area contributed by atoms with Crippen molar-refractivity contribution in [2.24, 2.45) is 5.92 Å². The van der Waals surface area contributed by atoms with Crippen LogP contribution in [0.5, 0.6) is 0 Å². The third-order valence-electron chi connectivity index (χ3n) is 3.04. The highest BCUT2D eigenvalue weighted by Gasteiger charge is 2.34. The highest BCUT2D eigenvalue weighted by Crippen LogP contribution is 2.31. The average Bonchev–Trinajstić information content (AvgIpc) is 2.32. The molecule has 3 nitrogen and oxygen atoms in total. The van der Waals surface area contributed by atoms with Gasteiger partial charge in [0.1, 0.15) is 5.25 Å². The van der Waals surface area contributed by atoms with Crippen LogP contribution in [0.15, 0.2) is 24.3 Å². The summed E-state index contributed by atoms with van der Waals surface area (Å²) in [6, 6.07) is 6.39. The van der Waals surface area contributed by atoms with Crippen LogP contribution < -0.4 is 0 Å². The second-order valence-electron chi connectivity index (χ2n) is 4.47. The molecule has 0 amide bonds. The fourth-order valence-corrected chi connectivity index (χ4v) is 3.49. The zero-order valence-corrected chi connectivity index (χ0v) is 12.4. The number of hydrogen-bond donors (Lipinski definition) is 1. The summed E-state index contributed by atoms with van der Waals surface area (Å²) in [5.41, 5.74) is 0.494. The maximum Gasteiger partial charge on any atom is 0.157 e. The van der Waals surface area contributed by atoms with Crippen LogP contribution >= 0.6 is 11.6 Å². The molecule has 1 aromatic rings. The molecule has 3 atom stereocenters. The maximum atomic E-state index is 11.9. The first-order valence-electron chi connectivity index (χ1n) is 5.89. The number of rotatable bonds is 5. The number of aliphatic hydroxyl groups excluding tert-OH is 1. The molecule has 0 aliphatic rings. The van der Waals surface area contributed by atoms with Crippen molar-refractivity contribution in [3.63, 3.8) is 0 Å². The largest absolute Gasteiger partial charge is 0.390 e. The summed E-state index contributed by atoms with van der Waals surface area (Å²) in [5, 5.41) is 9.74. The molecule has 0 saturated heterocycles. The van der Waals surface area contributed by atoms with Gasteiger partial charge in [0.05, 0.1) is 6.10 Å². The van der Waals surface area contributed by atoms with Crippen molar-refractivity contribution in [2.45, 2.75) is 24.7 Å². The van der Waals surface area contributed by atoms with E-state index in [0.717, 1.165) is 6.26 Å². The summed E-state index contributed by atoms with van der Waals surface area (Å²) in [5.74, 6) is 1.94. The van der Waals surface area contributed by atoms with E-state index >= 15 is 0 Å². The Kier molecular flexibility index (Phi) is 5.42. The average molecular weight is 301 g/mol. The van der Waals surface area contributed by atoms with Gasteiger partial charge in [0, 0.05) is 17.2 Å². The monoisotopic (exact) mass is 300 g/mol. The van der Waals surface area contributed by atoms with E-state index in [9.17, 15) is 13.5 Å². The van der Waals surface area contributed by atoms with Crippen LogP contribution in [-0.4, -0.2) is 25.9 Å². The van der Waals surface area contributed by atoms with Crippen LogP contribution in [0.25, 0.3) is 0 Å². The third kappa shape index (κ3) is 3.97. The molecule has 19 heavy (non-hydrogen) atoms. The molecule has 0 heterocycles. The Hall–Kier alpha value is -1.02. The molecule has 0 spiro atoms. The number of terminal acetylenes is 1. The minimum absolute atomic E-state index is 0.494. The van der Waals surface area contributed by atoms with Crippen LogP contribution in [0.1, 0.15) is 24.2 Å². The lowest BCUT2D eigenvalue weighted by Crippen LogP contribution is -2.31. The van der Waals surface area contributed by atoms with Crippen molar-refractivity contribution in [3.8, 4) is 12.3 Å². The maximum absolute atomic E-state index is 11.9. The zero-order chi connectivity index (χ0) is 14.6. The Labute approximate surface area is 119 Å². The van der Waals surface area contributed by atoms with Crippen molar-refractivity contribution < 1.29 is 13.5 Å². The summed E-state index contributed by atoms with van der Waals surface area (Å²) in [4.78, 5) is 0. The van der Waals surface area contributed by atoms with Crippen LogP contribution in [-0.2, 0) is 9.84 Å². The van der Waals surface area contributed by atoms with Crippen LogP contribution in [0.4, 0.5) is 0 Å². The second-order valence-corrected chi connectivity index (χ2v) is 7.08. The van der Waals surface area contributed by atoms with Gasteiger partial charge in [0.2, 0.25) is 0 Å². The molecule has 0 aliphatic heterocycles. The Morgan fingerprint density at radius 1 is 1.37 bits per heavy atom. The first-order valence-corrected chi connectivity index (χ1v) is 8.23. The van der Waals surface area contributed by atoms with E-state index in [0.29, 0.717) is 17.0 Å². The van der Waals surface area contributed by atoms with Gasteiger partial charge in [-0.1, -0.05) is 30.7 Å². The zero-order valence-electron chi connectivity index (χ0n) is 10.9. The van der Waals surface area contributed by atoms with E-state index in [1.165, 1.54) is 0 Å². The van der Waals surface area contributed by atoms with Gasteiger partial charge in [-0.3, -0.25) is 0 Å². The van der Waals surface area contributed by atoms with Gasteiger partial charge in [-0.15, -0.1) is 12.3 Å². The molecular weight excluding hydrogens is 284 g/mol. The van der Waals surface area contributed by atoms with Crippen molar-refractivity contribution in [1.82, 2.24) is 0 Å². The predicted molar refractivity (Wildman–Crippen MR) is 77.7 cm³/mol.